The zero-order valence-electron chi connectivity index (χ0n) is 21.4. The van der Waals surface area contributed by atoms with Crippen LogP contribution in [0.15, 0.2) is 83.3 Å². The smallest absolute Gasteiger partial charge is 0.339 e. The van der Waals surface area contributed by atoms with Crippen LogP contribution in [-0.2, 0) is 23.8 Å². The van der Waals surface area contributed by atoms with Crippen molar-refractivity contribution in [2.45, 2.75) is 19.8 Å². The van der Waals surface area contributed by atoms with Gasteiger partial charge >= 0.3 is 17.9 Å². The van der Waals surface area contributed by atoms with E-state index in [9.17, 15) is 24.5 Å². The number of nitro groups is 1. The fourth-order valence-corrected chi connectivity index (χ4v) is 4.41. The van der Waals surface area contributed by atoms with Gasteiger partial charge in [-0.25, -0.2) is 14.4 Å². The summed E-state index contributed by atoms with van der Waals surface area (Å²) in [6.07, 6.45) is 1.41. The number of nitro benzene ring substituents is 1. The molecular weight excluding hydrogens is 506 g/mol. The van der Waals surface area contributed by atoms with E-state index in [-0.39, 0.29) is 35.6 Å². The molecular formula is C28H25N3O8. The van der Waals surface area contributed by atoms with Crippen LogP contribution in [0.4, 0.5) is 5.69 Å². The number of fused-ring (bicyclic) bond motifs is 1. The van der Waals surface area contributed by atoms with E-state index >= 15 is 0 Å². The number of ether oxygens (including phenoxy) is 3. The molecule has 1 unspecified atom stereocenters. The third kappa shape index (κ3) is 5.77. The van der Waals surface area contributed by atoms with Crippen LogP contribution in [0.3, 0.4) is 0 Å². The van der Waals surface area contributed by atoms with Crippen LogP contribution in [0.25, 0.3) is 10.9 Å². The Morgan fingerprint density at radius 2 is 1.59 bits per heavy atom. The monoisotopic (exact) mass is 531 g/mol. The molecule has 1 aromatic heterocycles. The topological polar surface area (TPSA) is 147 Å². The van der Waals surface area contributed by atoms with Gasteiger partial charge in [0.05, 0.1) is 40.2 Å². The number of hydrogen-bond acceptors (Lipinski definition) is 10. The van der Waals surface area contributed by atoms with Gasteiger partial charge in [-0.1, -0.05) is 30.3 Å². The number of para-hydroxylation sites is 1. The molecule has 0 bridgehead atoms. The Labute approximate surface area is 223 Å². The predicted molar refractivity (Wildman–Crippen MR) is 139 cm³/mol. The molecule has 0 saturated carbocycles. The number of esters is 3. The quantitative estimate of drug-likeness (QED) is 0.149. The van der Waals surface area contributed by atoms with Crippen molar-refractivity contribution in [2.24, 2.45) is 0 Å². The van der Waals surface area contributed by atoms with E-state index in [1.165, 1.54) is 31.5 Å². The first-order valence-electron chi connectivity index (χ1n) is 11.9. The molecule has 0 spiro atoms. The van der Waals surface area contributed by atoms with Gasteiger partial charge in [-0.2, -0.15) is 0 Å². The molecule has 2 heterocycles. The second kappa shape index (κ2) is 11.5. The summed E-state index contributed by atoms with van der Waals surface area (Å²) < 4.78 is 15.6. The average molecular weight is 532 g/mol. The zero-order valence-corrected chi connectivity index (χ0v) is 21.4. The number of dihydropyridines is 1. The predicted octanol–water partition coefficient (Wildman–Crippen LogP) is 3.95. The van der Waals surface area contributed by atoms with Crippen LogP contribution in [0.5, 0.6) is 0 Å². The molecule has 0 radical (unpaired) electrons. The molecule has 11 heteroatoms. The lowest BCUT2D eigenvalue weighted by Crippen LogP contribution is -2.32. The highest BCUT2D eigenvalue weighted by molar-refractivity contribution is 6.00. The molecule has 1 aliphatic heterocycles. The van der Waals surface area contributed by atoms with E-state index in [1.54, 1.807) is 26.0 Å². The number of carbonyl (C=O) groups is 3. The maximum atomic E-state index is 13.3. The first-order chi connectivity index (χ1) is 18.7. The van der Waals surface area contributed by atoms with Crippen LogP contribution in [-0.4, -0.2) is 48.1 Å². The van der Waals surface area contributed by atoms with E-state index in [2.05, 4.69) is 10.3 Å². The van der Waals surface area contributed by atoms with Gasteiger partial charge in [-0.3, -0.25) is 15.1 Å². The summed E-state index contributed by atoms with van der Waals surface area (Å²) in [6.45, 7) is 2.78. The van der Waals surface area contributed by atoms with Crippen molar-refractivity contribution in [2.75, 3.05) is 20.3 Å². The Kier molecular flexibility index (Phi) is 7.99. The van der Waals surface area contributed by atoms with E-state index in [4.69, 9.17) is 14.2 Å². The minimum atomic E-state index is -0.989. The van der Waals surface area contributed by atoms with Crippen molar-refractivity contribution in [3.8, 4) is 0 Å². The summed E-state index contributed by atoms with van der Waals surface area (Å²) in [7, 11) is 1.20. The number of methoxy groups -OCH3 is 1. The number of allylic oxidation sites excluding steroid dienone is 2. The highest BCUT2D eigenvalue weighted by Crippen LogP contribution is 2.40. The van der Waals surface area contributed by atoms with Crippen LogP contribution in [0.1, 0.15) is 35.7 Å². The Morgan fingerprint density at radius 1 is 0.923 bits per heavy atom. The van der Waals surface area contributed by atoms with Gasteiger partial charge < -0.3 is 19.5 Å². The molecule has 1 N–H and O–H groups in total. The molecule has 1 aliphatic rings. The Hall–Kier alpha value is -5.06. The molecule has 3 aromatic rings. The van der Waals surface area contributed by atoms with Gasteiger partial charge in [0.15, 0.2) is 0 Å². The van der Waals surface area contributed by atoms with E-state index in [0.717, 1.165) is 10.9 Å². The lowest BCUT2D eigenvalue weighted by molar-refractivity contribution is -0.384. The van der Waals surface area contributed by atoms with Crippen molar-refractivity contribution < 1.29 is 33.5 Å². The van der Waals surface area contributed by atoms with Crippen LogP contribution in [0.2, 0.25) is 0 Å². The summed E-state index contributed by atoms with van der Waals surface area (Å²) in [5.41, 5.74) is 2.16. The first-order valence-corrected chi connectivity index (χ1v) is 11.9. The van der Waals surface area contributed by atoms with Gasteiger partial charge in [0, 0.05) is 35.1 Å². The van der Waals surface area contributed by atoms with Gasteiger partial charge in [-0.05, 0) is 31.5 Å². The maximum Gasteiger partial charge on any atom is 0.339 e. The van der Waals surface area contributed by atoms with Gasteiger partial charge in [0.25, 0.3) is 5.69 Å². The molecule has 0 saturated heterocycles. The minimum absolute atomic E-state index is 0.0755. The van der Waals surface area contributed by atoms with Crippen LogP contribution < -0.4 is 5.32 Å². The highest BCUT2D eigenvalue weighted by Gasteiger charge is 2.38. The Morgan fingerprint density at radius 3 is 2.28 bits per heavy atom. The first kappa shape index (κ1) is 27.0. The number of aromatic nitrogens is 1. The van der Waals surface area contributed by atoms with Crippen LogP contribution in [0, 0.1) is 10.1 Å². The average Bonchev–Trinajstić information content (AvgIpc) is 2.94. The molecule has 0 amide bonds. The van der Waals surface area contributed by atoms with E-state index in [0.29, 0.717) is 17.0 Å². The number of pyridine rings is 1. The molecule has 4 rings (SSSR count). The fraction of sp³-hybridized carbons (Fsp3) is 0.214. The lowest BCUT2D eigenvalue weighted by Gasteiger charge is -2.30. The highest BCUT2D eigenvalue weighted by atomic mass is 16.6. The molecule has 11 nitrogen and oxygen atoms in total. The zero-order chi connectivity index (χ0) is 28.1. The summed E-state index contributed by atoms with van der Waals surface area (Å²) in [4.78, 5) is 53.5. The Balaban J connectivity index is 1.50. The van der Waals surface area contributed by atoms with Crippen molar-refractivity contribution >= 4 is 34.5 Å². The molecule has 39 heavy (non-hydrogen) atoms. The normalized spacial score (nSPS) is 15.0. The van der Waals surface area contributed by atoms with Crippen molar-refractivity contribution in [3.05, 3.63) is 105 Å². The van der Waals surface area contributed by atoms with E-state index in [1.807, 2.05) is 24.3 Å². The molecule has 2 aromatic carbocycles. The summed E-state index contributed by atoms with van der Waals surface area (Å²) in [6, 6.07) is 14.6. The van der Waals surface area contributed by atoms with Crippen LogP contribution >= 0.6 is 0 Å². The van der Waals surface area contributed by atoms with Gasteiger partial charge in [0.2, 0.25) is 0 Å². The molecule has 200 valence electrons. The van der Waals surface area contributed by atoms with E-state index < -0.39 is 28.7 Å². The number of nitrogens with one attached hydrogen (secondary N) is 1. The number of hydrogen-bond donors (Lipinski definition) is 1. The minimum Gasteiger partial charge on any atom is -0.466 e. The SMILES string of the molecule is COC(=O)C1=C(C)NC(C)=C(C(=O)OCCOC(=O)c2cnc3ccccc3c2)C1c1cccc([N+](=O)[O-])c1. The number of carbonyl (C=O) groups excluding carboxylic acids is 3. The summed E-state index contributed by atoms with van der Waals surface area (Å²) >= 11 is 0. The third-order valence-corrected chi connectivity index (χ3v) is 6.18. The summed E-state index contributed by atoms with van der Waals surface area (Å²) in [5, 5.41) is 15.2. The molecule has 0 aliphatic carbocycles. The molecule has 1 atom stereocenters. The standard InChI is InChI=1S/C28H25N3O8/c1-16-23(27(33)37-3)25(19-8-6-9-21(14-19)31(35)36)24(17(2)30-16)28(34)39-12-11-38-26(32)20-13-18-7-4-5-10-22(18)29-15-20/h4-10,13-15,25,30H,11-12H2,1-3H3. The Bertz CT molecular complexity index is 1540. The third-order valence-electron chi connectivity index (χ3n) is 6.18. The van der Waals surface area contributed by atoms with Crippen molar-refractivity contribution in [1.82, 2.24) is 10.3 Å². The second-order valence-corrected chi connectivity index (χ2v) is 8.67. The lowest BCUT2D eigenvalue weighted by atomic mass is 9.80. The van der Waals surface area contributed by atoms with Gasteiger partial charge in [0.1, 0.15) is 13.2 Å². The number of non-ortho nitro benzene ring substituents is 1. The largest absolute Gasteiger partial charge is 0.466 e. The molecule has 0 fully saturated rings. The number of nitrogens with zero attached hydrogens (tertiary/aromatic N) is 2. The van der Waals surface area contributed by atoms with Crippen molar-refractivity contribution in [3.63, 3.8) is 0 Å². The number of benzene rings is 2. The maximum absolute atomic E-state index is 13.3. The van der Waals surface area contributed by atoms with Gasteiger partial charge in [-0.15, -0.1) is 0 Å². The fourth-order valence-electron chi connectivity index (χ4n) is 4.41. The second-order valence-electron chi connectivity index (χ2n) is 8.67. The number of rotatable bonds is 8. The summed E-state index contributed by atoms with van der Waals surface area (Å²) in [5.74, 6) is -3.10. The van der Waals surface area contributed by atoms with Crippen molar-refractivity contribution in [1.29, 1.82) is 0 Å².